The van der Waals surface area contributed by atoms with E-state index >= 15 is 0 Å². The van der Waals surface area contributed by atoms with Gasteiger partial charge in [0.1, 0.15) is 0 Å². The first-order valence-electron chi connectivity index (χ1n) is 6.50. The highest BCUT2D eigenvalue weighted by molar-refractivity contribution is 5.42. The molecular formula is C17H26. The van der Waals surface area contributed by atoms with E-state index in [1.807, 2.05) is 6.92 Å². The summed E-state index contributed by atoms with van der Waals surface area (Å²) in [5.74, 6) is 6.75. The van der Waals surface area contributed by atoms with Crippen LogP contribution in [0.3, 0.4) is 0 Å². The first kappa shape index (κ1) is 14.1. The molecule has 1 aliphatic carbocycles. The molecule has 0 nitrogen and oxygen atoms in total. The van der Waals surface area contributed by atoms with Gasteiger partial charge in [0.2, 0.25) is 0 Å². The zero-order valence-electron chi connectivity index (χ0n) is 12.4. The molecule has 1 aliphatic rings. The van der Waals surface area contributed by atoms with Gasteiger partial charge in [-0.25, -0.2) is 0 Å². The Morgan fingerprint density at radius 1 is 1.06 bits per heavy atom. The Kier molecular flexibility index (Phi) is 3.92. The van der Waals surface area contributed by atoms with Crippen molar-refractivity contribution in [2.45, 2.75) is 54.9 Å². The lowest BCUT2D eigenvalue weighted by molar-refractivity contribution is 0.458. The van der Waals surface area contributed by atoms with E-state index in [1.54, 1.807) is 0 Å². The molecule has 0 aromatic rings. The molecule has 0 bridgehead atoms. The molecule has 0 N–H and O–H groups in total. The molecule has 1 unspecified atom stereocenters. The molecule has 1 atom stereocenters. The van der Waals surface area contributed by atoms with Crippen molar-refractivity contribution < 1.29 is 0 Å². The van der Waals surface area contributed by atoms with E-state index in [9.17, 15) is 0 Å². The summed E-state index contributed by atoms with van der Waals surface area (Å²) in [6.45, 7) is 15.7. The van der Waals surface area contributed by atoms with Crippen LogP contribution >= 0.6 is 0 Å². The Labute approximate surface area is 107 Å². The van der Waals surface area contributed by atoms with Crippen molar-refractivity contribution in [2.24, 2.45) is 16.7 Å². The molecule has 0 saturated carbocycles. The molecule has 94 valence electrons. The molecule has 0 radical (unpaired) electrons. The van der Waals surface area contributed by atoms with Crippen LogP contribution in [0.5, 0.6) is 0 Å². The van der Waals surface area contributed by atoms with Crippen molar-refractivity contribution in [2.75, 3.05) is 0 Å². The highest BCUT2D eigenvalue weighted by atomic mass is 14.3. The van der Waals surface area contributed by atoms with Gasteiger partial charge in [-0.05, 0) is 23.3 Å². The third-order valence-corrected chi connectivity index (χ3v) is 3.32. The summed E-state index contributed by atoms with van der Waals surface area (Å²) in [5.41, 5.74) is 3.48. The van der Waals surface area contributed by atoms with Crippen LogP contribution in [0.25, 0.3) is 0 Å². The zero-order valence-corrected chi connectivity index (χ0v) is 12.4. The van der Waals surface area contributed by atoms with Crippen LogP contribution in [0.15, 0.2) is 23.3 Å². The van der Waals surface area contributed by atoms with Gasteiger partial charge >= 0.3 is 0 Å². The summed E-state index contributed by atoms with van der Waals surface area (Å²) in [5, 5.41) is 0. The second kappa shape index (κ2) is 4.73. The topological polar surface area (TPSA) is 0 Å². The summed E-state index contributed by atoms with van der Waals surface area (Å²) in [6, 6.07) is 0. The second-order valence-corrected chi connectivity index (χ2v) is 6.96. The fourth-order valence-corrected chi connectivity index (χ4v) is 2.25. The Morgan fingerprint density at radius 2 is 1.65 bits per heavy atom. The largest absolute Gasteiger partial charge is 0.107 e. The Balaban J connectivity index is 3.06. The predicted octanol–water partition coefficient (Wildman–Crippen LogP) is 4.97. The molecule has 1 rings (SSSR count). The van der Waals surface area contributed by atoms with Crippen LogP contribution in [-0.2, 0) is 0 Å². The molecule has 0 saturated heterocycles. The van der Waals surface area contributed by atoms with Crippen molar-refractivity contribution >= 4 is 0 Å². The molecule has 0 amide bonds. The summed E-state index contributed by atoms with van der Waals surface area (Å²) < 4.78 is 0. The Morgan fingerprint density at radius 3 is 2.06 bits per heavy atom. The zero-order chi connectivity index (χ0) is 13.3. The monoisotopic (exact) mass is 230 g/mol. The first-order valence-corrected chi connectivity index (χ1v) is 6.50. The van der Waals surface area contributed by atoms with Crippen molar-refractivity contribution in [3.63, 3.8) is 0 Å². The Bertz CT molecular complexity index is 394. The van der Waals surface area contributed by atoms with E-state index < -0.39 is 0 Å². The quantitative estimate of drug-likeness (QED) is 0.558. The molecule has 0 aliphatic heterocycles. The van der Waals surface area contributed by atoms with Crippen molar-refractivity contribution in [3.05, 3.63) is 23.3 Å². The van der Waals surface area contributed by atoms with Gasteiger partial charge in [0.25, 0.3) is 0 Å². The maximum atomic E-state index is 3.23. The molecule has 0 spiro atoms. The van der Waals surface area contributed by atoms with Crippen LogP contribution in [0.1, 0.15) is 54.9 Å². The lowest BCUT2D eigenvalue weighted by atomic mass is 9.79. The molecule has 0 heteroatoms. The predicted molar refractivity (Wildman–Crippen MR) is 76.6 cm³/mol. The van der Waals surface area contributed by atoms with E-state index in [0.29, 0.717) is 5.92 Å². The third kappa shape index (κ3) is 3.50. The standard InChI is InChI=1S/C17H26/c1-8-9-10-13-11-14(16(2,3)4)12-15(13)17(5,6)7/h11-13H,10H2,1-7H3. The van der Waals surface area contributed by atoms with Gasteiger partial charge in [0.15, 0.2) is 0 Å². The normalized spacial score (nSPS) is 20.5. The van der Waals surface area contributed by atoms with Gasteiger partial charge in [0.05, 0.1) is 0 Å². The third-order valence-electron chi connectivity index (χ3n) is 3.32. The van der Waals surface area contributed by atoms with Gasteiger partial charge < -0.3 is 0 Å². The molecule has 17 heavy (non-hydrogen) atoms. The fourth-order valence-electron chi connectivity index (χ4n) is 2.25. The smallest absolute Gasteiger partial charge is 0.0190 e. The van der Waals surface area contributed by atoms with Gasteiger partial charge in [-0.1, -0.05) is 59.3 Å². The van der Waals surface area contributed by atoms with Gasteiger partial charge in [-0.3, -0.25) is 0 Å². The van der Waals surface area contributed by atoms with Gasteiger partial charge in [-0.15, -0.1) is 11.8 Å². The number of hydrogen-bond donors (Lipinski definition) is 0. The first-order chi connectivity index (χ1) is 7.66. The minimum Gasteiger partial charge on any atom is -0.107 e. The average molecular weight is 230 g/mol. The molecule has 0 aromatic carbocycles. The number of rotatable bonds is 1. The highest BCUT2D eigenvalue weighted by Gasteiger charge is 2.30. The molecule has 0 fully saturated rings. The maximum Gasteiger partial charge on any atom is 0.0190 e. The summed E-state index contributed by atoms with van der Waals surface area (Å²) >= 11 is 0. The van der Waals surface area contributed by atoms with Gasteiger partial charge in [-0.2, -0.15) is 0 Å². The minimum atomic E-state index is 0.240. The van der Waals surface area contributed by atoms with Crippen LogP contribution in [-0.4, -0.2) is 0 Å². The van der Waals surface area contributed by atoms with E-state index in [1.165, 1.54) is 11.1 Å². The van der Waals surface area contributed by atoms with Crippen LogP contribution < -0.4 is 0 Å². The number of hydrogen-bond acceptors (Lipinski definition) is 0. The average Bonchev–Trinajstić information content (AvgIpc) is 2.56. The van der Waals surface area contributed by atoms with Crippen molar-refractivity contribution in [1.29, 1.82) is 0 Å². The van der Waals surface area contributed by atoms with Gasteiger partial charge in [0, 0.05) is 12.3 Å². The van der Waals surface area contributed by atoms with E-state index in [-0.39, 0.29) is 10.8 Å². The summed E-state index contributed by atoms with van der Waals surface area (Å²) in [6.07, 6.45) is 5.78. The molecule has 0 heterocycles. The van der Waals surface area contributed by atoms with Crippen molar-refractivity contribution in [3.8, 4) is 11.8 Å². The van der Waals surface area contributed by atoms with E-state index in [2.05, 4.69) is 65.5 Å². The lowest BCUT2D eigenvalue weighted by Crippen LogP contribution is -2.14. The second-order valence-electron chi connectivity index (χ2n) is 6.96. The van der Waals surface area contributed by atoms with Crippen LogP contribution in [0.4, 0.5) is 0 Å². The SMILES string of the molecule is CC#CCC1C=C(C(C)(C)C)C=C1C(C)(C)C. The molecular weight excluding hydrogens is 204 g/mol. The van der Waals surface area contributed by atoms with Crippen LogP contribution in [0.2, 0.25) is 0 Å². The van der Waals surface area contributed by atoms with E-state index in [0.717, 1.165) is 6.42 Å². The van der Waals surface area contributed by atoms with Crippen molar-refractivity contribution in [1.82, 2.24) is 0 Å². The Hall–Kier alpha value is -0.960. The van der Waals surface area contributed by atoms with E-state index in [4.69, 9.17) is 0 Å². The summed E-state index contributed by atoms with van der Waals surface area (Å²) in [7, 11) is 0. The fraction of sp³-hybridized carbons (Fsp3) is 0.647. The summed E-state index contributed by atoms with van der Waals surface area (Å²) in [4.78, 5) is 0. The minimum absolute atomic E-state index is 0.240. The number of allylic oxidation sites excluding steroid dienone is 4. The highest BCUT2D eigenvalue weighted by Crippen LogP contribution is 2.43. The maximum absolute atomic E-state index is 3.23. The lowest BCUT2D eigenvalue weighted by Gasteiger charge is -2.25. The van der Waals surface area contributed by atoms with Crippen LogP contribution in [0, 0.1) is 28.6 Å². The molecule has 0 aromatic heterocycles.